The second kappa shape index (κ2) is 7.49. The number of pyridine rings is 1. The normalized spacial score (nSPS) is 23.4. The Morgan fingerprint density at radius 1 is 1.39 bits per heavy atom. The molecule has 3 heteroatoms. The first-order valence-electron chi connectivity index (χ1n) is 7.11. The molecule has 1 fully saturated rings. The third-order valence-electron chi connectivity index (χ3n) is 3.71. The molecule has 0 amide bonds. The highest BCUT2D eigenvalue weighted by molar-refractivity contribution is 5.05. The molecule has 0 radical (unpaired) electrons. The molecule has 1 aliphatic rings. The van der Waals surface area contributed by atoms with Crippen LogP contribution >= 0.6 is 0 Å². The van der Waals surface area contributed by atoms with Crippen molar-refractivity contribution in [2.24, 2.45) is 5.92 Å². The van der Waals surface area contributed by atoms with Gasteiger partial charge in [-0.25, -0.2) is 0 Å². The smallest absolute Gasteiger partial charge is 0.0590 e. The predicted octanol–water partition coefficient (Wildman–Crippen LogP) is 2.42. The van der Waals surface area contributed by atoms with Gasteiger partial charge < -0.3 is 10.1 Å². The summed E-state index contributed by atoms with van der Waals surface area (Å²) < 4.78 is 5.37. The fourth-order valence-corrected chi connectivity index (χ4v) is 2.80. The molecule has 100 valence electrons. The Labute approximate surface area is 110 Å². The minimum absolute atomic E-state index is 0.646. The fraction of sp³-hybridized carbons (Fsp3) is 0.667. The van der Waals surface area contributed by atoms with Crippen LogP contribution in [0, 0.1) is 5.92 Å². The topological polar surface area (TPSA) is 34.1 Å². The first kappa shape index (κ1) is 13.5. The Morgan fingerprint density at radius 3 is 3.11 bits per heavy atom. The van der Waals surface area contributed by atoms with Crippen molar-refractivity contribution in [2.75, 3.05) is 19.8 Å². The van der Waals surface area contributed by atoms with Gasteiger partial charge in [0.1, 0.15) is 0 Å². The van der Waals surface area contributed by atoms with E-state index in [0.717, 1.165) is 32.1 Å². The van der Waals surface area contributed by atoms with E-state index in [-0.39, 0.29) is 0 Å². The molecule has 3 nitrogen and oxygen atoms in total. The summed E-state index contributed by atoms with van der Waals surface area (Å²) in [6.45, 7) is 4.64. The van der Waals surface area contributed by atoms with E-state index < -0.39 is 0 Å². The van der Waals surface area contributed by atoms with Gasteiger partial charge in [-0.3, -0.25) is 4.98 Å². The minimum Gasteiger partial charge on any atom is -0.380 e. The van der Waals surface area contributed by atoms with Crippen LogP contribution in [0.5, 0.6) is 0 Å². The molecular weight excluding hydrogens is 224 g/mol. The predicted molar refractivity (Wildman–Crippen MR) is 73.6 cm³/mol. The number of hydrogen-bond acceptors (Lipinski definition) is 3. The van der Waals surface area contributed by atoms with E-state index in [4.69, 9.17) is 4.74 Å². The van der Waals surface area contributed by atoms with Crippen LogP contribution in [0.1, 0.15) is 31.9 Å². The van der Waals surface area contributed by atoms with Crippen molar-refractivity contribution in [2.45, 2.75) is 38.6 Å². The van der Waals surface area contributed by atoms with Gasteiger partial charge in [-0.2, -0.15) is 0 Å². The highest BCUT2D eigenvalue weighted by Gasteiger charge is 2.26. The number of ether oxygens (including phenoxy) is 1. The first-order valence-corrected chi connectivity index (χ1v) is 7.11. The largest absolute Gasteiger partial charge is 0.380 e. The van der Waals surface area contributed by atoms with Gasteiger partial charge in [-0.05, 0) is 44.2 Å². The van der Waals surface area contributed by atoms with Crippen LogP contribution in [0.2, 0.25) is 0 Å². The van der Waals surface area contributed by atoms with Crippen molar-refractivity contribution >= 4 is 0 Å². The molecule has 1 aliphatic carbocycles. The quantitative estimate of drug-likeness (QED) is 0.752. The molecule has 18 heavy (non-hydrogen) atoms. The van der Waals surface area contributed by atoms with Crippen LogP contribution in [0.25, 0.3) is 0 Å². The summed E-state index contributed by atoms with van der Waals surface area (Å²) in [5.74, 6) is 0.738. The Bertz CT molecular complexity index is 329. The van der Waals surface area contributed by atoms with Crippen LogP contribution in [0.3, 0.4) is 0 Å². The van der Waals surface area contributed by atoms with Crippen LogP contribution in [0.15, 0.2) is 24.4 Å². The van der Waals surface area contributed by atoms with Gasteiger partial charge in [-0.1, -0.05) is 12.5 Å². The van der Waals surface area contributed by atoms with E-state index in [0.29, 0.717) is 6.04 Å². The Balaban J connectivity index is 1.77. The standard InChI is InChI=1S/C15H24N2O/c1-2-18-11-10-17-15-8-5-6-13(15)12-14-7-3-4-9-16-14/h3-4,7,9,13,15,17H,2,5-6,8,10-12H2,1H3. The van der Waals surface area contributed by atoms with Crippen LogP contribution in [0.4, 0.5) is 0 Å². The maximum Gasteiger partial charge on any atom is 0.0590 e. The third-order valence-corrected chi connectivity index (χ3v) is 3.71. The maximum absolute atomic E-state index is 5.37. The van der Waals surface area contributed by atoms with E-state index >= 15 is 0 Å². The molecule has 0 spiro atoms. The molecule has 0 saturated heterocycles. The lowest BCUT2D eigenvalue weighted by molar-refractivity contribution is 0.145. The first-order chi connectivity index (χ1) is 8.90. The minimum atomic E-state index is 0.646. The van der Waals surface area contributed by atoms with E-state index in [1.165, 1.54) is 25.0 Å². The van der Waals surface area contributed by atoms with Gasteiger partial charge in [0.2, 0.25) is 0 Å². The van der Waals surface area contributed by atoms with Crippen molar-refractivity contribution in [3.63, 3.8) is 0 Å². The zero-order valence-corrected chi connectivity index (χ0v) is 11.3. The summed E-state index contributed by atoms with van der Waals surface area (Å²) in [5, 5.41) is 3.63. The molecule has 1 N–H and O–H groups in total. The number of rotatable bonds is 7. The highest BCUT2D eigenvalue weighted by Crippen LogP contribution is 2.28. The molecule has 1 aromatic heterocycles. The van der Waals surface area contributed by atoms with Crippen molar-refractivity contribution in [1.29, 1.82) is 0 Å². The molecule has 2 atom stereocenters. The lowest BCUT2D eigenvalue weighted by Gasteiger charge is -2.20. The van der Waals surface area contributed by atoms with Crippen molar-refractivity contribution in [3.8, 4) is 0 Å². The molecule has 2 unspecified atom stereocenters. The fourth-order valence-electron chi connectivity index (χ4n) is 2.80. The summed E-state index contributed by atoms with van der Waals surface area (Å²) in [5.41, 5.74) is 1.22. The number of aromatic nitrogens is 1. The molecule has 1 saturated carbocycles. The number of nitrogens with zero attached hydrogens (tertiary/aromatic N) is 1. The highest BCUT2D eigenvalue weighted by atomic mass is 16.5. The molecule has 0 aliphatic heterocycles. The number of nitrogens with one attached hydrogen (secondary N) is 1. The summed E-state index contributed by atoms with van der Waals surface area (Å²) in [6.07, 6.45) is 6.95. The summed E-state index contributed by atoms with van der Waals surface area (Å²) in [6, 6.07) is 6.84. The average Bonchev–Trinajstić information content (AvgIpc) is 2.83. The van der Waals surface area contributed by atoms with E-state index in [1.807, 2.05) is 19.2 Å². The number of hydrogen-bond donors (Lipinski definition) is 1. The summed E-state index contributed by atoms with van der Waals surface area (Å²) >= 11 is 0. The SMILES string of the molecule is CCOCCNC1CCCC1Cc1ccccn1. The Kier molecular flexibility index (Phi) is 5.62. The summed E-state index contributed by atoms with van der Waals surface area (Å²) in [7, 11) is 0. The van der Waals surface area contributed by atoms with E-state index in [9.17, 15) is 0 Å². The van der Waals surface area contributed by atoms with Gasteiger partial charge in [0, 0.05) is 31.1 Å². The second-order valence-electron chi connectivity index (χ2n) is 4.97. The monoisotopic (exact) mass is 248 g/mol. The van der Waals surface area contributed by atoms with E-state index in [2.05, 4.69) is 22.4 Å². The van der Waals surface area contributed by atoms with Crippen LogP contribution < -0.4 is 5.32 Å². The zero-order valence-electron chi connectivity index (χ0n) is 11.3. The van der Waals surface area contributed by atoms with Gasteiger partial charge in [0.25, 0.3) is 0 Å². The molecule has 0 aromatic carbocycles. The molecule has 1 heterocycles. The van der Waals surface area contributed by atoms with Crippen LogP contribution in [-0.2, 0) is 11.2 Å². The van der Waals surface area contributed by atoms with E-state index in [1.54, 1.807) is 0 Å². The maximum atomic E-state index is 5.37. The van der Waals surface area contributed by atoms with Crippen molar-refractivity contribution < 1.29 is 4.74 Å². The Morgan fingerprint density at radius 2 is 2.33 bits per heavy atom. The molecule has 1 aromatic rings. The zero-order chi connectivity index (χ0) is 12.6. The van der Waals surface area contributed by atoms with Crippen molar-refractivity contribution in [1.82, 2.24) is 10.3 Å². The molecule has 2 rings (SSSR count). The average molecular weight is 248 g/mol. The van der Waals surface area contributed by atoms with Gasteiger partial charge in [0.15, 0.2) is 0 Å². The molecule has 0 bridgehead atoms. The third kappa shape index (κ3) is 4.07. The van der Waals surface area contributed by atoms with Gasteiger partial charge >= 0.3 is 0 Å². The van der Waals surface area contributed by atoms with Gasteiger partial charge in [0.05, 0.1) is 6.61 Å². The van der Waals surface area contributed by atoms with Gasteiger partial charge in [-0.15, -0.1) is 0 Å². The van der Waals surface area contributed by atoms with Crippen LogP contribution in [-0.4, -0.2) is 30.8 Å². The lowest BCUT2D eigenvalue weighted by Crippen LogP contribution is -2.35. The molecular formula is C15H24N2O. The lowest BCUT2D eigenvalue weighted by atomic mass is 9.97. The Hall–Kier alpha value is -0.930. The second-order valence-corrected chi connectivity index (χ2v) is 4.97. The van der Waals surface area contributed by atoms with Crippen molar-refractivity contribution in [3.05, 3.63) is 30.1 Å². The summed E-state index contributed by atoms with van der Waals surface area (Å²) in [4.78, 5) is 4.43.